The Bertz CT molecular complexity index is 285. The molecule has 0 radical (unpaired) electrons. The minimum absolute atomic E-state index is 0.504. The maximum atomic E-state index is 5.48. The van der Waals surface area contributed by atoms with Crippen LogP contribution in [0.15, 0.2) is 17.6 Å². The largest absolute Gasteiger partial charge is 0.326 e. The van der Waals surface area contributed by atoms with Crippen molar-refractivity contribution >= 4 is 11.8 Å². The smallest absolute Gasteiger partial charge is 0.187 e. The molecule has 5 heteroatoms. The Morgan fingerprint density at radius 2 is 1.88 bits per heavy atom. The van der Waals surface area contributed by atoms with E-state index >= 15 is 0 Å². The highest BCUT2D eigenvalue weighted by Gasteiger charge is 2.01. The highest BCUT2D eigenvalue weighted by atomic mass is 32.2. The fourth-order valence-electron chi connectivity index (χ4n) is 1.33. The van der Waals surface area contributed by atoms with Gasteiger partial charge >= 0.3 is 0 Å². The van der Waals surface area contributed by atoms with Crippen molar-refractivity contribution in [3.8, 4) is 0 Å². The van der Waals surface area contributed by atoms with E-state index in [9.17, 15) is 0 Å². The molecule has 0 amide bonds. The zero-order chi connectivity index (χ0) is 11.8. The van der Waals surface area contributed by atoms with Gasteiger partial charge in [-0.1, -0.05) is 25.6 Å². The fraction of sp³-hybridized carbons (Fsp3) is 0.636. The van der Waals surface area contributed by atoms with Gasteiger partial charge in [0.15, 0.2) is 5.16 Å². The van der Waals surface area contributed by atoms with Crippen LogP contribution >= 0.6 is 11.8 Å². The van der Waals surface area contributed by atoms with E-state index in [1.165, 1.54) is 0 Å². The second kappa shape index (κ2) is 7.60. The van der Waals surface area contributed by atoms with Gasteiger partial charge in [0.2, 0.25) is 0 Å². The van der Waals surface area contributed by atoms with Crippen molar-refractivity contribution in [2.75, 3.05) is 25.4 Å². The summed E-state index contributed by atoms with van der Waals surface area (Å²) in [7, 11) is 0. The molecule has 0 saturated carbocycles. The van der Waals surface area contributed by atoms with Crippen molar-refractivity contribution in [1.29, 1.82) is 0 Å². The number of hydrogen-bond donors (Lipinski definition) is 1. The molecule has 0 aromatic carbocycles. The Morgan fingerprint density at radius 1 is 1.25 bits per heavy atom. The van der Waals surface area contributed by atoms with Gasteiger partial charge in [-0.25, -0.2) is 9.97 Å². The molecule has 90 valence electrons. The van der Waals surface area contributed by atoms with E-state index in [4.69, 9.17) is 5.73 Å². The Labute approximate surface area is 102 Å². The number of hydrogen-bond acceptors (Lipinski definition) is 5. The Balaban J connectivity index is 2.31. The molecule has 0 spiro atoms. The SMILES string of the molecule is CCN(CC)CCSc1ncc(CN)cn1. The van der Waals surface area contributed by atoms with Crippen molar-refractivity contribution in [2.24, 2.45) is 5.73 Å². The lowest BCUT2D eigenvalue weighted by Gasteiger charge is -2.16. The number of rotatable bonds is 7. The predicted molar refractivity (Wildman–Crippen MR) is 68.4 cm³/mol. The van der Waals surface area contributed by atoms with E-state index in [0.29, 0.717) is 6.54 Å². The molecule has 16 heavy (non-hydrogen) atoms. The van der Waals surface area contributed by atoms with Gasteiger partial charge in [-0.05, 0) is 13.1 Å². The summed E-state index contributed by atoms with van der Waals surface area (Å²) in [6, 6.07) is 0. The average molecular weight is 240 g/mol. The molecule has 1 aromatic rings. The molecule has 0 atom stereocenters. The molecule has 1 rings (SSSR count). The topological polar surface area (TPSA) is 55.0 Å². The third kappa shape index (κ3) is 4.47. The lowest BCUT2D eigenvalue weighted by molar-refractivity contribution is 0.324. The maximum absolute atomic E-state index is 5.48. The molecule has 2 N–H and O–H groups in total. The standard InChI is InChI=1S/C11H20N4S/c1-3-15(4-2)5-6-16-11-13-8-10(7-12)9-14-11/h8-9H,3-7,12H2,1-2H3. The number of thioether (sulfide) groups is 1. The van der Waals surface area contributed by atoms with Crippen LogP contribution in [0.4, 0.5) is 0 Å². The van der Waals surface area contributed by atoms with Crippen LogP contribution in [-0.4, -0.2) is 40.3 Å². The van der Waals surface area contributed by atoms with E-state index in [1.807, 2.05) is 0 Å². The first kappa shape index (κ1) is 13.4. The number of nitrogens with two attached hydrogens (primary N) is 1. The Kier molecular flexibility index (Phi) is 6.37. The lowest BCUT2D eigenvalue weighted by Crippen LogP contribution is -2.25. The van der Waals surface area contributed by atoms with Crippen LogP contribution in [0, 0.1) is 0 Å². The summed E-state index contributed by atoms with van der Waals surface area (Å²) in [6.07, 6.45) is 3.60. The van der Waals surface area contributed by atoms with Crippen LogP contribution < -0.4 is 5.73 Å². The highest BCUT2D eigenvalue weighted by molar-refractivity contribution is 7.99. The van der Waals surface area contributed by atoms with Gasteiger partial charge < -0.3 is 10.6 Å². The summed E-state index contributed by atoms with van der Waals surface area (Å²) < 4.78 is 0. The second-order valence-corrected chi connectivity index (χ2v) is 4.52. The van der Waals surface area contributed by atoms with Crippen LogP contribution in [0.2, 0.25) is 0 Å². The van der Waals surface area contributed by atoms with Crippen molar-refractivity contribution < 1.29 is 0 Å². The zero-order valence-corrected chi connectivity index (χ0v) is 10.8. The lowest BCUT2D eigenvalue weighted by atomic mass is 10.4. The third-order valence-electron chi connectivity index (χ3n) is 2.45. The summed E-state index contributed by atoms with van der Waals surface area (Å²) in [4.78, 5) is 10.9. The van der Waals surface area contributed by atoms with Gasteiger partial charge in [-0.3, -0.25) is 0 Å². The summed E-state index contributed by atoms with van der Waals surface area (Å²) in [5.41, 5.74) is 6.46. The minimum Gasteiger partial charge on any atom is -0.326 e. The van der Waals surface area contributed by atoms with Crippen LogP contribution in [-0.2, 0) is 6.54 Å². The first-order chi connectivity index (χ1) is 7.80. The van der Waals surface area contributed by atoms with Gasteiger partial charge in [0.1, 0.15) is 0 Å². The van der Waals surface area contributed by atoms with E-state index in [-0.39, 0.29) is 0 Å². The summed E-state index contributed by atoms with van der Waals surface area (Å²) in [5, 5.41) is 0.837. The number of nitrogens with zero attached hydrogens (tertiary/aromatic N) is 3. The first-order valence-electron chi connectivity index (χ1n) is 5.66. The predicted octanol–water partition coefficient (Wildman–Crippen LogP) is 1.37. The van der Waals surface area contributed by atoms with Crippen molar-refractivity contribution in [3.63, 3.8) is 0 Å². The van der Waals surface area contributed by atoms with Crippen molar-refractivity contribution in [3.05, 3.63) is 18.0 Å². The molecule has 1 aromatic heterocycles. The van der Waals surface area contributed by atoms with Crippen LogP contribution in [0.5, 0.6) is 0 Å². The van der Waals surface area contributed by atoms with Gasteiger partial charge in [0.05, 0.1) is 0 Å². The molecule has 4 nitrogen and oxygen atoms in total. The Hall–Kier alpha value is -0.650. The van der Waals surface area contributed by atoms with Crippen molar-refractivity contribution in [1.82, 2.24) is 14.9 Å². The Morgan fingerprint density at radius 3 is 2.38 bits per heavy atom. The van der Waals surface area contributed by atoms with Gasteiger partial charge in [0, 0.05) is 36.8 Å². The van der Waals surface area contributed by atoms with E-state index in [0.717, 1.165) is 36.1 Å². The number of aromatic nitrogens is 2. The normalized spacial score (nSPS) is 11.0. The molecule has 1 heterocycles. The van der Waals surface area contributed by atoms with Crippen molar-refractivity contribution in [2.45, 2.75) is 25.5 Å². The molecule has 0 aliphatic heterocycles. The minimum atomic E-state index is 0.504. The molecular weight excluding hydrogens is 220 g/mol. The van der Waals surface area contributed by atoms with E-state index < -0.39 is 0 Å². The molecule has 0 bridgehead atoms. The van der Waals surface area contributed by atoms with Crippen LogP contribution in [0.1, 0.15) is 19.4 Å². The summed E-state index contributed by atoms with van der Waals surface area (Å²) >= 11 is 1.69. The zero-order valence-electron chi connectivity index (χ0n) is 10.0. The molecule has 0 aliphatic rings. The fourth-order valence-corrected chi connectivity index (χ4v) is 2.12. The van der Waals surface area contributed by atoms with E-state index in [1.54, 1.807) is 24.2 Å². The summed E-state index contributed by atoms with van der Waals surface area (Å²) in [5.74, 6) is 1.03. The van der Waals surface area contributed by atoms with E-state index in [2.05, 4.69) is 28.7 Å². The summed E-state index contributed by atoms with van der Waals surface area (Å²) in [6.45, 7) is 8.15. The quantitative estimate of drug-likeness (QED) is 0.576. The van der Waals surface area contributed by atoms with Crippen LogP contribution in [0.3, 0.4) is 0 Å². The molecular formula is C11H20N4S. The molecule has 0 fully saturated rings. The average Bonchev–Trinajstić information content (AvgIpc) is 2.35. The van der Waals surface area contributed by atoms with Gasteiger partial charge in [-0.2, -0.15) is 0 Å². The van der Waals surface area contributed by atoms with Crippen LogP contribution in [0.25, 0.3) is 0 Å². The maximum Gasteiger partial charge on any atom is 0.187 e. The second-order valence-electron chi connectivity index (χ2n) is 3.45. The van der Waals surface area contributed by atoms with Gasteiger partial charge in [-0.15, -0.1) is 0 Å². The first-order valence-corrected chi connectivity index (χ1v) is 6.64. The molecule has 0 aliphatic carbocycles. The monoisotopic (exact) mass is 240 g/mol. The highest BCUT2D eigenvalue weighted by Crippen LogP contribution is 2.11. The molecule has 0 unspecified atom stereocenters. The third-order valence-corrected chi connectivity index (χ3v) is 3.31. The molecule has 0 saturated heterocycles. The van der Waals surface area contributed by atoms with Gasteiger partial charge in [0.25, 0.3) is 0 Å².